The highest BCUT2D eigenvalue weighted by Crippen LogP contribution is 2.31. The van der Waals surface area contributed by atoms with Gasteiger partial charge in [-0.05, 0) is 43.9 Å². The van der Waals surface area contributed by atoms with E-state index >= 15 is 0 Å². The molecule has 0 radical (unpaired) electrons. The molecule has 2 aromatic rings. The van der Waals surface area contributed by atoms with Crippen molar-refractivity contribution in [2.24, 2.45) is 5.92 Å². The average Bonchev–Trinajstić information content (AvgIpc) is 2.85. The number of hydrogen-bond acceptors (Lipinski definition) is 7. The van der Waals surface area contributed by atoms with Crippen molar-refractivity contribution in [2.45, 2.75) is 51.9 Å². The molecule has 1 aliphatic rings. The van der Waals surface area contributed by atoms with Gasteiger partial charge in [0, 0.05) is 31.6 Å². The van der Waals surface area contributed by atoms with Gasteiger partial charge in [0.25, 0.3) is 5.56 Å². The van der Waals surface area contributed by atoms with Crippen molar-refractivity contribution in [1.29, 1.82) is 0 Å². The van der Waals surface area contributed by atoms with E-state index in [-0.39, 0.29) is 30.0 Å². The summed E-state index contributed by atoms with van der Waals surface area (Å²) in [7, 11) is 1.55. The van der Waals surface area contributed by atoms with Gasteiger partial charge in [-0.3, -0.25) is 9.59 Å². The fourth-order valence-electron chi connectivity index (χ4n) is 3.91. The Kier molecular flexibility index (Phi) is 9.68. The highest BCUT2D eigenvalue weighted by Gasteiger charge is 2.15. The molecular weight excluding hydrogens is 424 g/mol. The predicted octanol–water partition coefficient (Wildman–Crippen LogP) is 2.88. The van der Waals surface area contributed by atoms with Crippen molar-refractivity contribution < 1.29 is 19.0 Å². The van der Waals surface area contributed by atoms with Gasteiger partial charge in [0.15, 0.2) is 17.3 Å². The van der Waals surface area contributed by atoms with Crippen LogP contribution in [0.4, 0.5) is 0 Å². The maximum Gasteiger partial charge on any atom is 0.273 e. The molecule has 1 aromatic carbocycles. The molecule has 9 heteroatoms. The van der Waals surface area contributed by atoms with Gasteiger partial charge in [-0.25, -0.2) is 0 Å². The van der Waals surface area contributed by atoms with Crippen molar-refractivity contribution >= 4 is 5.91 Å². The Bertz CT molecular complexity index is 956. The van der Waals surface area contributed by atoms with Gasteiger partial charge < -0.3 is 24.5 Å². The first-order valence-electron chi connectivity index (χ1n) is 11.7. The summed E-state index contributed by atoms with van der Waals surface area (Å²) in [6.45, 7) is 4.17. The van der Waals surface area contributed by atoms with Crippen molar-refractivity contribution in [3.63, 3.8) is 0 Å². The third-order valence-electron chi connectivity index (χ3n) is 5.79. The van der Waals surface area contributed by atoms with Crippen molar-refractivity contribution in [3.05, 3.63) is 34.2 Å². The standard InChI is InChI=1S/C24H34N4O5/c1-3-32-13-14-33-20-11-9-18(15-21(20)31-2)23-26-24(30)19(27-28-23)10-12-22(29)25-16-17-7-5-4-6-8-17/h9,11,15,17H,3-8,10,12-14,16H2,1-2H3,(H,25,29)(H,26,28,30). The van der Waals surface area contributed by atoms with E-state index < -0.39 is 0 Å². The number of nitrogens with zero attached hydrogens (tertiary/aromatic N) is 2. The minimum Gasteiger partial charge on any atom is -0.493 e. The minimum absolute atomic E-state index is 0.0597. The molecule has 1 heterocycles. The fourth-order valence-corrected chi connectivity index (χ4v) is 3.91. The summed E-state index contributed by atoms with van der Waals surface area (Å²) < 4.78 is 16.4. The lowest BCUT2D eigenvalue weighted by molar-refractivity contribution is -0.121. The number of amides is 1. The van der Waals surface area contributed by atoms with Crippen LogP contribution in [0.2, 0.25) is 0 Å². The van der Waals surface area contributed by atoms with Crippen LogP contribution in [0.1, 0.15) is 51.1 Å². The van der Waals surface area contributed by atoms with E-state index in [1.807, 2.05) is 6.92 Å². The monoisotopic (exact) mass is 458 g/mol. The third kappa shape index (κ3) is 7.56. The SMILES string of the molecule is CCOCCOc1ccc(-c2nnc(CCC(=O)NCC3CCCCC3)c(=O)[nH]2)cc1OC. The number of carbonyl (C=O) groups is 1. The van der Waals surface area contributed by atoms with Gasteiger partial charge in [0.05, 0.1) is 13.7 Å². The molecule has 2 N–H and O–H groups in total. The molecule has 1 saturated carbocycles. The molecule has 0 spiro atoms. The molecular formula is C24H34N4O5. The Labute approximate surface area is 194 Å². The number of hydrogen-bond donors (Lipinski definition) is 2. The average molecular weight is 459 g/mol. The Morgan fingerprint density at radius 2 is 1.97 bits per heavy atom. The Morgan fingerprint density at radius 1 is 1.15 bits per heavy atom. The van der Waals surface area contributed by atoms with Crippen LogP contribution in [0.3, 0.4) is 0 Å². The first kappa shape index (κ1) is 24.7. The van der Waals surface area contributed by atoms with Crippen LogP contribution in [0.25, 0.3) is 11.4 Å². The summed E-state index contributed by atoms with van der Waals surface area (Å²) >= 11 is 0. The quantitative estimate of drug-likeness (QED) is 0.470. The van der Waals surface area contributed by atoms with E-state index in [2.05, 4.69) is 20.5 Å². The van der Waals surface area contributed by atoms with E-state index in [9.17, 15) is 9.59 Å². The highest BCUT2D eigenvalue weighted by molar-refractivity contribution is 5.76. The summed E-state index contributed by atoms with van der Waals surface area (Å²) in [6.07, 6.45) is 6.60. The van der Waals surface area contributed by atoms with E-state index in [1.165, 1.54) is 32.1 Å². The van der Waals surface area contributed by atoms with Gasteiger partial charge in [-0.2, -0.15) is 0 Å². The third-order valence-corrected chi connectivity index (χ3v) is 5.79. The first-order chi connectivity index (χ1) is 16.1. The zero-order valence-corrected chi connectivity index (χ0v) is 19.5. The number of benzene rings is 1. The van der Waals surface area contributed by atoms with E-state index in [0.717, 1.165) is 0 Å². The Hall–Kier alpha value is -2.94. The summed E-state index contributed by atoms with van der Waals surface area (Å²) in [5, 5.41) is 11.2. The largest absolute Gasteiger partial charge is 0.493 e. The lowest BCUT2D eigenvalue weighted by Crippen LogP contribution is -2.31. The molecule has 0 aliphatic heterocycles. The number of rotatable bonds is 12. The first-order valence-corrected chi connectivity index (χ1v) is 11.7. The second-order valence-electron chi connectivity index (χ2n) is 8.17. The van der Waals surface area contributed by atoms with Crippen LogP contribution in [0, 0.1) is 5.92 Å². The topological polar surface area (TPSA) is 115 Å². The number of nitrogens with one attached hydrogen (secondary N) is 2. The molecule has 180 valence electrons. The number of H-pyrrole nitrogens is 1. The van der Waals surface area contributed by atoms with Crippen LogP contribution in [0.15, 0.2) is 23.0 Å². The van der Waals surface area contributed by atoms with Crippen molar-refractivity contribution in [1.82, 2.24) is 20.5 Å². The maximum atomic E-state index is 12.5. The Balaban J connectivity index is 1.55. The van der Waals surface area contributed by atoms with Gasteiger partial charge in [0.2, 0.25) is 5.91 Å². The Morgan fingerprint density at radius 3 is 2.70 bits per heavy atom. The van der Waals surface area contributed by atoms with E-state index in [4.69, 9.17) is 14.2 Å². The van der Waals surface area contributed by atoms with Gasteiger partial charge in [0.1, 0.15) is 12.3 Å². The lowest BCUT2D eigenvalue weighted by Gasteiger charge is -2.21. The normalized spacial score (nSPS) is 14.1. The number of ether oxygens (including phenoxy) is 3. The van der Waals surface area contributed by atoms with Crippen LogP contribution in [-0.2, 0) is 16.0 Å². The minimum atomic E-state index is -0.351. The second-order valence-corrected chi connectivity index (χ2v) is 8.17. The summed E-state index contributed by atoms with van der Waals surface area (Å²) in [5.74, 6) is 1.93. The van der Waals surface area contributed by atoms with Gasteiger partial charge >= 0.3 is 0 Å². The van der Waals surface area contributed by atoms with Gasteiger partial charge in [-0.15, -0.1) is 10.2 Å². The molecule has 1 aromatic heterocycles. The molecule has 33 heavy (non-hydrogen) atoms. The van der Waals surface area contributed by atoms with Crippen LogP contribution in [0.5, 0.6) is 11.5 Å². The number of carbonyl (C=O) groups excluding carboxylic acids is 1. The molecule has 9 nitrogen and oxygen atoms in total. The van der Waals surface area contributed by atoms with E-state index in [0.29, 0.717) is 55.2 Å². The molecule has 0 unspecified atom stereocenters. The van der Waals surface area contributed by atoms with Crippen molar-refractivity contribution in [3.8, 4) is 22.9 Å². The molecule has 1 aliphatic carbocycles. The van der Waals surface area contributed by atoms with Crippen LogP contribution < -0.4 is 20.3 Å². The molecule has 1 fully saturated rings. The highest BCUT2D eigenvalue weighted by atomic mass is 16.5. The number of aryl methyl sites for hydroxylation is 1. The lowest BCUT2D eigenvalue weighted by atomic mass is 9.89. The molecule has 3 rings (SSSR count). The molecule has 0 atom stereocenters. The van der Waals surface area contributed by atoms with Crippen LogP contribution in [-0.4, -0.2) is 54.6 Å². The van der Waals surface area contributed by atoms with Crippen LogP contribution >= 0.6 is 0 Å². The van der Waals surface area contributed by atoms with E-state index in [1.54, 1.807) is 25.3 Å². The predicted molar refractivity (Wildman–Crippen MR) is 125 cm³/mol. The molecule has 0 bridgehead atoms. The smallest absolute Gasteiger partial charge is 0.273 e. The summed E-state index contributed by atoms with van der Waals surface area (Å²) in [5.41, 5.74) is 0.538. The van der Waals surface area contributed by atoms with Crippen molar-refractivity contribution in [2.75, 3.05) is 33.5 Å². The zero-order chi connectivity index (χ0) is 23.5. The molecule has 1 amide bonds. The number of aromatic nitrogens is 3. The van der Waals surface area contributed by atoms with Gasteiger partial charge in [-0.1, -0.05) is 19.3 Å². The summed E-state index contributed by atoms with van der Waals surface area (Å²) in [6, 6.07) is 5.26. The number of aromatic amines is 1. The fraction of sp³-hybridized carbons (Fsp3) is 0.583. The second kappa shape index (κ2) is 12.9. The molecule has 0 saturated heterocycles. The number of methoxy groups -OCH3 is 1. The summed E-state index contributed by atoms with van der Waals surface area (Å²) in [4.78, 5) is 27.4. The zero-order valence-electron chi connectivity index (χ0n) is 19.5. The maximum absolute atomic E-state index is 12.5.